The zero-order valence-corrected chi connectivity index (χ0v) is 50.8. The van der Waals surface area contributed by atoms with Gasteiger partial charge in [0.05, 0.1) is 48.9 Å². The highest BCUT2D eigenvalue weighted by Gasteiger charge is 2.66. The Morgan fingerprint density at radius 2 is 1.62 bits per heavy atom. The number of hydrogen-bond donors (Lipinski definition) is 7. The van der Waals surface area contributed by atoms with E-state index in [2.05, 4.69) is 24.1 Å². The van der Waals surface area contributed by atoms with Gasteiger partial charge in [-0.3, -0.25) is 14.8 Å². The van der Waals surface area contributed by atoms with Gasteiger partial charge in [-0.1, -0.05) is 37.3 Å². The number of aliphatic hydroxyl groups excluding tert-OH is 3. The van der Waals surface area contributed by atoms with E-state index in [1.54, 1.807) is 49.6 Å². The van der Waals surface area contributed by atoms with Crippen molar-refractivity contribution in [3.05, 3.63) is 107 Å². The minimum Gasteiger partial charge on any atom is -0.496 e. The molecular weight excluding hydrogens is 1160 g/mol. The molecule has 4 aliphatic carbocycles. The smallest absolute Gasteiger partial charge is 0.410 e. The number of thiazole rings is 1. The number of nitrogens with zero attached hydrogens (tertiary/aromatic N) is 6. The molecule has 7 atom stereocenters. The highest BCUT2D eigenvalue weighted by Crippen LogP contribution is 2.72. The molecule has 88 heavy (non-hydrogen) atoms. The molecule has 1 saturated heterocycles. The minimum absolute atomic E-state index is 0.0300. The molecule has 25 heteroatoms. The SMILES string of the molecule is COCCN(CCOC12CC3(C)CC(C)(CC(Cn4ncc(-c5ccc(N6CCc7c(OC)ccc(C(=O)Nc8nc9ccccc9s8)c7C6)nc5C(=O)O)c4C)(C3)C1)C2)C(=O)OCc1ccc(O[C@@H]2O[C@H](C(=O)O)[C@@H](O)[C@H](O)[C@H]2O)cc1OCCCN. The van der Waals surface area contributed by atoms with Crippen LogP contribution in [0.4, 0.5) is 15.7 Å². The number of aromatic nitrogens is 4. The fourth-order valence-corrected chi connectivity index (χ4v) is 16.0. The fourth-order valence-electron chi connectivity index (χ4n) is 15.2. The summed E-state index contributed by atoms with van der Waals surface area (Å²) in [6.45, 7) is 9.30. The monoisotopic (exact) mass is 1230 g/mol. The Bertz CT molecular complexity index is 3540. The van der Waals surface area contributed by atoms with Gasteiger partial charge < -0.3 is 74.2 Å². The third-order valence-electron chi connectivity index (χ3n) is 17.9. The number of carboxylic acids is 2. The average molecular weight is 1230 g/mol. The number of nitrogens with one attached hydrogen (secondary N) is 1. The maximum Gasteiger partial charge on any atom is 0.410 e. The number of para-hydroxylation sites is 1. The zero-order chi connectivity index (χ0) is 62.3. The molecule has 4 saturated carbocycles. The second kappa shape index (κ2) is 25.2. The second-order valence-corrected chi connectivity index (χ2v) is 25.9. The van der Waals surface area contributed by atoms with Gasteiger partial charge in [0.1, 0.15) is 48.0 Å². The normalized spacial score (nSPS) is 26.1. The molecule has 8 N–H and O–H groups in total. The van der Waals surface area contributed by atoms with Crippen molar-refractivity contribution in [1.29, 1.82) is 0 Å². The van der Waals surface area contributed by atoms with E-state index in [1.807, 2.05) is 46.8 Å². The number of ether oxygens (including phenoxy) is 7. The van der Waals surface area contributed by atoms with Gasteiger partial charge in [0, 0.05) is 79.4 Å². The number of aromatic carboxylic acids is 1. The van der Waals surface area contributed by atoms with E-state index in [-0.39, 0.29) is 78.9 Å². The van der Waals surface area contributed by atoms with Crippen LogP contribution in [0.1, 0.15) is 102 Å². The first-order valence-electron chi connectivity index (χ1n) is 29.6. The number of benzene rings is 3. The number of amides is 2. The summed E-state index contributed by atoms with van der Waals surface area (Å²) in [6, 6.07) is 19.4. The molecule has 0 radical (unpaired) electrons. The van der Waals surface area contributed by atoms with Crippen LogP contribution in [-0.2, 0) is 49.9 Å². The third-order valence-corrected chi connectivity index (χ3v) is 18.9. The van der Waals surface area contributed by atoms with Crippen LogP contribution in [0.5, 0.6) is 17.2 Å². The van der Waals surface area contributed by atoms with E-state index in [4.69, 9.17) is 49.0 Å². The molecule has 2 unspecified atom stereocenters. The van der Waals surface area contributed by atoms with Crippen LogP contribution in [0.15, 0.2) is 72.9 Å². The van der Waals surface area contributed by atoms with Crippen molar-refractivity contribution >= 4 is 56.4 Å². The summed E-state index contributed by atoms with van der Waals surface area (Å²) in [5.41, 5.74) is 10.2. The number of rotatable bonds is 24. The number of carbonyl (C=O) groups excluding carboxylic acids is 2. The van der Waals surface area contributed by atoms with Crippen molar-refractivity contribution in [2.45, 2.75) is 128 Å². The summed E-state index contributed by atoms with van der Waals surface area (Å²) >= 11 is 1.40. The summed E-state index contributed by atoms with van der Waals surface area (Å²) in [7, 11) is 3.16. The second-order valence-electron chi connectivity index (χ2n) is 24.9. The van der Waals surface area contributed by atoms with Gasteiger partial charge in [-0.2, -0.15) is 5.10 Å². The molecule has 24 nitrogen and oxygen atoms in total. The summed E-state index contributed by atoms with van der Waals surface area (Å²) in [6.07, 6.45) is -1.42. The van der Waals surface area contributed by atoms with E-state index < -0.39 is 54.3 Å². The van der Waals surface area contributed by atoms with Crippen molar-refractivity contribution in [3.8, 4) is 28.4 Å². The van der Waals surface area contributed by atoms with Gasteiger partial charge in [-0.15, -0.1) is 0 Å². The number of nitrogens with two attached hydrogens (primary N) is 1. The third kappa shape index (κ3) is 12.7. The number of fused-ring (bicyclic) bond motifs is 2. The van der Waals surface area contributed by atoms with Crippen LogP contribution < -0.4 is 30.2 Å². The number of aliphatic carboxylic acids is 1. The lowest BCUT2D eigenvalue weighted by molar-refractivity contribution is -0.271. The molecule has 0 spiro atoms. The Morgan fingerprint density at radius 1 is 0.852 bits per heavy atom. The van der Waals surface area contributed by atoms with Gasteiger partial charge in [0.15, 0.2) is 16.9 Å². The van der Waals surface area contributed by atoms with Gasteiger partial charge in [0.2, 0.25) is 6.29 Å². The van der Waals surface area contributed by atoms with Gasteiger partial charge in [-0.05, 0) is 135 Å². The molecule has 12 rings (SSSR count). The lowest BCUT2D eigenvalue weighted by Crippen LogP contribution is -2.64. The number of hydrogen-bond acceptors (Lipinski definition) is 20. The van der Waals surface area contributed by atoms with Crippen LogP contribution in [0, 0.1) is 23.2 Å². The van der Waals surface area contributed by atoms with E-state index in [1.165, 1.54) is 23.5 Å². The van der Waals surface area contributed by atoms with Crippen LogP contribution >= 0.6 is 11.3 Å². The first-order chi connectivity index (χ1) is 42.1. The predicted octanol–water partition coefficient (Wildman–Crippen LogP) is 6.80. The first kappa shape index (κ1) is 62.1. The summed E-state index contributed by atoms with van der Waals surface area (Å²) in [4.78, 5) is 65.8. The molecule has 2 aliphatic heterocycles. The number of carbonyl (C=O) groups is 4. The standard InChI is InChI=1S/C63H76N8O16S/c1-36-42(40-14-16-48(67-49(40)55(76)77)70-19-17-39-43(27-70)41(13-15-45(39)82-5)54(75)68-58-66-44-9-6-7-10-47(44)88-58)26-65-71(36)35-62-30-60(2)29-61(3,31-62)33-63(32-60,34-62)85-24-21-69(20-23-81-4)59(80)84-28-37-11-12-38(25-46(37)83-22-8-18-64)86-57-52(74)50(72)51(73)53(87-57)56(78)79/h6-7,9-16,25-26,50-53,57,72-74H,8,17-24,27-35,64H2,1-5H3,(H,76,77)(H,78,79)(H,66,68,75)/t50-,51-,52+,53-,57+,60?,61?,62?,63?/m0/s1. The zero-order valence-electron chi connectivity index (χ0n) is 49.9. The van der Waals surface area contributed by atoms with Crippen LogP contribution in [0.25, 0.3) is 21.3 Å². The van der Waals surface area contributed by atoms with E-state index in [0.717, 1.165) is 65.6 Å². The Hall–Kier alpha value is -7.49. The number of aliphatic hydroxyl groups is 3. The number of carboxylic acid groups (broad SMARTS) is 2. The van der Waals surface area contributed by atoms with Gasteiger partial charge in [-0.25, -0.2) is 24.4 Å². The minimum atomic E-state index is -1.89. The molecule has 6 aliphatic rings. The number of methoxy groups -OCH3 is 2. The quantitative estimate of drug-likeness (QED) is 0.0306. The Morgan fingerprint density at radius 3 is 2.35 bits per heavy atom. The maximum absolute atomic E-state index is 14.0. The van der Waals surface area contributed by atoms with E-state index >= 15 is 0 Å². The highest BCUT2D eigenvalue weighted by atomic mass is 32.1. The summed E-state index contributed by atoms with van der Waals surface area (Å²) in [5, 5.41) is 59.8. The van der Waals surface area contributed by atoms with Crippen molar-refractivity contribution in [2.24, 2.45) is 22.0 Å². The molecule has 5 heterocycles. The Balaban J connectivity index is 0.760. The van der Waals surface area contributed by atoms with Crippen molar-refractivity contribution in [3.63, 3.8) is 0 Å². The van der Waals surface area contributed by atoms with Crippen LogP contribution in [0.3, 0.4) is 0 Å². The molecular formula is C63H76N8O16S. The molecule has 470 valence electrons. The van der Waals surface area contributed by atoms with E-state index in [9.17, 15) is 44.7 Å². The predicted molar refractivity (Wildman–Crippen MR) is 322 cm³/mol. The van der Waals surface area contributed by atoms with Crippen molar-refractivity contribution in [1.82, 2.24) is 24.6 Å². The lowest BCUT2D eigenvalue weighted by Gasteiger charge is -2.69. The Labute approximate surface area is 512 Å². The average Bonchev–Trinajstić information content (AvgIpc) is 0.754. The number of pyridine rings is 1. The topological polar surface area (TPSA) is 322 Å². The maximum atomic E-state index is 14.0. The molecule has 3 aromatic heterocycles. The largest absolute Gasteiger partial charge is 0.496 e. The summed E-state index contributed by atoms with van der Waals surface area (Å²) < 4.78 is 44.1. The van der Waals surface area contributed by atoms with Crippen molar-refractivity contribution in [2.75, 3.05) is 70.4 Å². The van der Waals surface area contributed by atoms with Gasteiger partial charge >= 0.3 is 18.0 Å². The van der Waals surface area contributed by atoms with Crippen LogP contribution in [-0.4, -0.2) is 171 Å². The lowest BCUT2D eigenvalue weighted by atomic mass is 9.39. The van der Waals surface area contributed by atoms with Crippen molar-refractivity contribution < 1.29 is 77.9 Å². The Kier molecular flexibility index (Phi) is 17.8. The van der Waals surface area contributed by atoms with Crippen LogP contribution in [0.2, 0.25) is 0 Å². The molecule has 2 amide bonds. The molecule has 4 bridgehead atoms. The molecule has 6 aromatic rings. The van der Waals surface area contributed by atoms with Gasteiger partial charge in [0.25, 0.3) is 5.91 Å². The van der Waals surface area contributed by atoms with E-state index in [0.29, 0.717) is 78.0 Å². The number of anilines is 2. The summed E-state index contributed by atoms with van der Waals surface area (Å²) in [5.74, 6) is -1.57. The fraction of sp³-hybridized carbons (Fsp3) is 0.508. The first-order valence-corrected chi connectivity index (χ1v) is 30.4. The molecule has 5 fully saturated rings. The highest BCUT2D eigenvalue weighted by molar-refractivity contribution is 7.22. The molecule has 3 aromatic carbocycles.